The van der Waals surface area contributed by atoms with Crippen molar-refractivity contribution in [2.45, 2.75) is 83.1 Å². The third-order valence-corrected chi connectivity index (χ3v) is 11.1. The van der Waals surface area contributed by atoms with Gasteiger partial charge in [-0.1, -0.05) is 5.16 Å². The maximum absolute atomic E-state index is 15.5. The molecule has 5 heteroatoms. The molecule has 0 bridgehead atoms. The number of hydrogen-bond acceptors (Lipinski definition) is 3. The molecular formula is C27H37N2O2P. The molecule has 0 amide bonds. The Balaban J connectivity index is 2.53. The average Bonchev–Trinajstić information content (AvgIpc) is 3.05. The first-order valence-electron chi connectivity index (χ1n) is 11.2. The fraction of sp³-hybridized carbons (Fsp3) is 0.444. The third kappa shape index (κ3) is 3.44. The van der Waals surface area contributed by atoms with E-state index >= 15 is 4.57 Å². The zero-order valence-corrected chi connectivity index (χ0v) is 22.6. The standard InChI is InChI=1S/C27H37N2O2P/c1-13-15(3)19(7)25(20(8)16(13)4)32(30,29-27-23(11)24(12)28-31-27)26-21(9)17(5)14(2)18(6)22(26)10/h1-12H3,(H,29,30). The van der Waals surface area contributed by atoms with Gasteiger partial charge in [-0.25, -0.2) is 0 Å². The molecule has 1 N–H and O–H groups in total. The predicted molar refractivity (Wildman–Crippen MR) is 137 cm³/mol. The van der Waals surface area contributed by atoms with Gasteiger partial charge in [0.15, 0.2) is 0 Å². The van der Waals surface area contributed by atoms with Crippen LogP contribution >= 0.6 is 7.29 Å². The molecule has 0 fully saturated rings. The molecule has 0 unspecified atom stereocenters. The Morgan fingerprint density at radius 3 is 1.12 bits per heavy atom. The van der Waals surface area contributed by atoms with E-state index in [2.05, 4.69) is 79.5 Å². The molecule has 1 heterocycles. The SMILES string of the molecule is Cc1noc(NP(=O)(c2c(C)c(C)c(C)c(C)c2C)c2c(C)c(C)c(C)c(C)c2C)c1C. The van der Waals surface area contributed by atoms with E-state index in [1.165, 1.54) is 33.4 Å². The first-order chi connectivity index (χ1) is 14.8. The van der Waals surface area contributed by atoms with E-state index < -0.39 is 7.29 Å². The molecule has 0 radical (unpaired) electrons. The highest BCUT2D eigenvalue weighted by atomic mass is 31.2. The molecule has 32 heavy (non-hydrogen) atoms. The van der Waals surface area contributed by atoms with Crippen molar-refractivity contribution in [2.75, 3.05) is 5.09 Å². The van der Waals surface area contributed by atoms with Crippen LogP contribution in [-0.2, 0) is 4.57 Å². The fourth-order valence-electron chi connectivity index (χ4n) is 4.79. The van der Waals surface area contributed by atoms with Gasteiger partial charge in [-0.3, -0.25) is 9.65 Å². The van der Waals surface area contributed by atoms with Crippen LogP contribution in [0.3, 0.4) is 0 Å². The molecule has 0 aliphatic rings. The summed E-state index contributed by atoms with van der Waals surface area (Å²) in [4.78, 5) is 0. The molecule has 172 valence electrons. The minimum Gasteiger partial charge on any atom is -0.338 e. The first-order valence-corrected chi connectivity index (χ1v) is 12.9. The Morgan fingerprint density at radius 2 is 0.844 bits per heavy atom. The number of hydrogen-bond donors (Lipinski definition) is 1. The van der Waals surface area contributed by atoms with Crippen LogP contribution in [0.1, 0.15) is 66.9 Å². The van der Waals surface area contributed by atoms with Gasteiger partial charge in [0.2, 0.25) is 13.2 Å². The van der Waals surface area contributed by atoms with Gasteiger partial charge in [0.05, 0.1) is 5.69 Å². The van der Waals surface area contributed by atoms with E-state index in [1.54, 1.807) is 0 Å². The van der Waals surface area contributed by atoms with Crippen LogP contribution in [0.5, 0.6) is 0 Å². The van der Waals surface area contributed by atoms with E-state index in [0.717, 1.165) is 44.1 Å². The molecule has 3 aromatic rings. The van der Waals surface area contributed by atoms with Crippen molar-refractivity contribution in [1.29, 1.82) is 0 Å². The van der Waals surface area contributed by atoms with Gasteiger partial charge >= 0.3 is 0 Å². The van der Waals surface area contributed by atoms with E-state index in [-0.39, 0.29) is 0 Å². The minimum atomic E-state index is -3.34. The molecule has 0 atom stereocenters. The molecule has 0 saturated carbocycles. The highest BCUT2D eigenvalue weighted by Gasteiger charge is 2.38. The summed E-state index contributed by atoms with van der Waals surface area (Å²) in [6, 6.07) is 0. The Morgan fingerprint density at radius 1 is 0.531 bits per heavy atom. The highest BCUT2D eigenvalue weighted by molar-refractivity contribution is 7.80. The predicted octanol–water partition coefficient (Wildman–Crippen LogP) is 6.72. The number of aromatic nitrogens is 1. The largest absolute Gasteiger partial charge is 0.338 e. The second-order valence-corrected chi connectivity index (χ2v) is 11.7. The molecule has 2 aromatic carbocycles. The number of benzene rings is 2. The number of nitrogens with one attached hydrogen (secondary N) is 1. The lowest BCUT2D eigenvalue weighted by atomic mass is 9.95. The minimum absolute atomic E-state index is 0.482. The van der Waals surface area contributed by atoms with Gasteiger partial charge in [0, 0.05) is 16.2 Å². The smallest absolute Gasteiger partial charge is 0.233 e. The van der Waals surface area contributed by atoms with Crippen LogP contribution in [0.15, 0.2) is 4.52 Å². The Bertz CT molecular complexity index is 1170. The lowest BCUT2D eigenvalue weighted by molar-refractivity contribution is 0.430. The number of anilines is 1. The summed E-state index contributed by atoms with van der Waals surface area (Å²) >= 11 is 0. The lowest BCUT2D eigenvalue weighted by Gasteiger charge is -2.31. The summed E-state index contributed by atoms with van der Waals surface area (Å²) in [6.45, 7) is 25.0. The van der Waals surface area contributed by atoms with Gasteiger partial charge in [-0.05, 0) is 139 Å². The maximum atomic E-state index is 15.5. The number of nitrogens with zero attached hydrogens (tertiary/aromatic N) is 1. The second kappa shape index (κ2) is 8.23. The van der Waals surface area contributed by atoms with Gasteiger partial charge in [-0.15, -0.1) is 0 Å². The zero-order valence-electron chi connectivity index (χ0n) is 21.7. The molecular weight excluding hydrogens is 415 g/mol. The van der Waals surface area contributed by atoms with Crippen LogP contribution in [0.4, 0.5) is 5.88 Å². The highest BCUT2D eigenvalue weighted by Crippen LogP contribution is 2.50. The fourth-order valence-corrected chi connectivity index (χ4v) is 8.29. The summed E-state index contributed by atoms with van der Waals surface area (Å²) in [5.74, 6) is 0.482. The summed E-state index contributed by atoms with van der Waals surface area (Å²) < 4.78 is 21.1. The van der Waals surface area contributed by atoms with Crippen LogP contribution in [0.25, 0.3) is 0 Å². The number of aryl methyl sites for hydroxylation is 1. The molecule has 1 aromatic heterocycles. The number of rotatable bonds is 4. The Kier molecular flexibility index (Phi) is 6.25. The molecule has 0 aliphatic heterocycles. The van der Waals surface area contributed by atoms with E-state index in [1.807, 2.05) is 13.8 Å². The topological polar surface area (TPSA) is 55.1 Å². The molecule has 0 saturated heterocycles. The van der Waals surface area contributed by atoms with Gasteiger partial charge < -0.3 is 4.52 Å². The second-order valence-electron chi connectivity index (χ2n) is 9.39. The van der Waals surface area contributed by atoms with Gasteiger partial charge in [0.25, 0.3) is 0 Å². The Hall–Kier alpha value is -2.32. The van der Waals surface area contributed by atoms with Crippen molar-refractivity contribution < 1.29 is 9.09 Å². The monoisotopic (exact) mass is 452 g/mol. The zero-order chi connectivity index (χ0) is 24.3. The average molecular weight is 453 g/mol. The molecule has 0 aliphatic carbocycles. The summed E-state index contributed by atoms with van der Waals surface area (Å²) in [5, 5.41) is 9.31. The van der Waals surface area contributed by atoms with Crippen molar-refractivity contribution in [3.8, 4) is 0 Å². The summed E-state index contributed by atoms with van der Waals surface area (Å²) in [5.41, 5.74) is 13.2. The van der Waals surface area contributed by atoms with Crippen molar-refractivity contribution in [1.82, 2.24) is 5.16 Å². The van der Waals surface area contributed by atoms with Crippen LogP contribution in [0, 0.1) is 83.1 Å². The molecule has 4 nitrogen and oxygen atoms in total. The van der Waals surface area contributed by atoms with E-state index in [9.17, 15) is 0 Å². The van der Waals surface area contributed by atoms with Crippen LogP contribution in [0.2, 0.25) is 0 Å². The maximum Gasteiger partial charge on any atom is 0.233 e. The van der Waals surface area contributed by atoms with Crippen molar-refractivity contribution >= 4 is 23.8 Å². The lowest BCUT2D eigenvalue weighted by Crippen LogP contribution is -2.31. The third-order valence-electron chi connectivity index (χ3n) is 7.97. The van der Waals surface area contributed by atoms with Crippen LogP contribution < -0.4 is 15.7 Å². The molecule has 0 spiro atoms. The normalized spacial score (nSPS) is 11.9. The van der Waals surface area contributed by atoms with Crippen molar-refractivity contribution in [2.24, 2.45) is 0 Å². The van der Waals surface area contributed by atoms with Crippen molar-refractivity contribution in [3.05, 3.63) is 66.9 Å². The first kappa shape index (κ1) is 24.3. The van der Waals surface area contributed by atoms with Crippen molar-refractivity contribution in [3.63, 3.8) is 0 Å². The van der Waals surface area contributed by atoms with Crippen LogP contribution in [-0.4, -0.2) is 5.16 Å². The van der Waals surface area contributed by atoms with E-state index in [0.29, 0.717) is 5.88 Å². The molecule has 3 rings (SSSR count). The summed E-state index contributed by atoms with van der Waals surface area (Å²) in [7, 11) is -3.34. The van der Waals surface area contributed by atoms with E-state index in [4.69, 9.17) is 4.52 Å². The summed E-state index contributed by atoms with van der Waals surface area (Å²) in [6.07, 6.45) is 0. The quantitative estimate of drug-likeness (QED) is 0.447. The Labute approximate surface area is 193 Å². The van der Waals surface area contributed by atoms with Gasteiger partial charge in [-0.2, -0.15) is 0 Å². The van der Waals surface area contributed by atoms with Gasteiger partial charge in [0.1, 0.15) is 0 Å².